The Hall–Kier alpha value is -1.62. The van der Waals surface area contributed by atoms with Gasteiger partial charge in [0.2, 0.25) is 0 Å². The van der Waals surface area contributed by atoms with Gasteiger partial charge in [-0.3, -0.25) is 0 Å². The van der Waals surface area contributed by atoms with Crippen molar-refractivity contribution in [3.8, 4) is 0 Å². The molecule has 0 radical (unpaired) electrons. The zero-order chi connectivity index (χ0) is 11.0. The molecular formula is C11H15N5. The van der Waals surface area contributed by atoms with E-state index >= 15 is 0 Å². The Morgan fingerprint density at radius 2 is 2.50 bits per heavy atom. The normalized spacial score (nSPS) is 20.6. The van der Waals surface area contributed by atoms with Gasteiger partial charge in [0, 0.05) is 24.4 Å². The van der Waals surface area contributed by atoms with Crippen LogP contribution >= 0.6 is 0 Å². The number of hydrogen-bond donors (Lipinski definition) is 2. The summed E-state index contributed by atoms with van der Waals surface area (Å²) in [6.07, 6.45) is 4.03. The van der Waals surface area contributed by atoms with Gasteiger partial charge in [0.05, 0.1) is 0 Å². The second-order valence-electron chi connectivity index (χ2n) is 4.35. The Balaban J connectivity index is 1.86. The Bertz CT molecular complexity index is 498. The number of anilines is 1. The van der Waals surface area contributed by atoms with Gasteiger partial charge >= 0.3 is 0 Å². The highest BCUT2D eigenvalue weighted by Crippen LogP contribution is 2.14. The summed E-state index contributed by atoms with van der Waals surface area (Å²) in [5.41, 5.74) is 7.27. The maximum absolute atomic E-state index is 5.71. The summed E-state index contributed by atoms with van der Waals surface area (Å²) >= 11 is 0. The Labute approximate surface area is 93.7 Å². The first-order valence-electron chi connectivity index (χ1n) is 5.63. The molecule has 0 bridgehead atoms. The van der Waals surface area contributed by atoms with Gasteiger partial charge in [-0.05, 0) is 31.5 Å². The second-order valence-corrected chi connectivity index (χ2v) is 4.35. The number of hydrogen-bond acceptors (Lipinski definition) is 4. The molecular weight excluding hydrogens is 202 g/mol. The van der Waals surface area contributed by atoms with Crippen molar-refractivity contribution in [3.05, 3.63) is 24.2 Å². The summed E-state index contributed by atoms with van der Waals surface area (Å²) in [7, 11) is 0. The van der Waals surface area contributed by atoms with E-state index in [1.165, 1.54) is 6.42 Å². The van der Waals surface area contributed by atoms with E-state index in [2.05, 4.69) is 15.4 Å². The van der Waals surface area contributed by atoms with Gasteiger partial charge in [0.25, 0.3) is 0 Å². The monoisotopic (exact) mass is 217 g/mol. The second kappa shape index (κ2) is 3.75. The fourth-order valence-electron chi connectivity index (χ4n) is 2.18. The average Bonchev–Trinajstić information content (AvgIpc) is 2.86. The number of fused-ring (bicyclic) bond motifs is 1. The van der Waals surface area contributed by atoms with Gasteiger partial charge in [-0.15, -0.1) is 0 Å². The molecule has 1 unspecified atom stereocenters. The number of nitrogens with zero attached hydrogens (tertiary/aromatic N) is 3. The van der Waals surface area contributed by atoms with Crippen LogP contribution in [0.1, 0.15) is 12.2 Å². The molecule has 0 spiro atoms. The summed E-state index contributed by atoms with van der Waals surface area (Å²) in [5.74, 6) is 1.59. The summed E-state index contributed by atoms with van der Waals surface area (Å²) in [5, 5.41) is 7.79. The quantitative estimate of drug-likeness (QED) is 0.767. The van der Waals surface area contributed by atoms with E-state index in [1.54, 1.807) is 4.52 Å². The van der Waals surface area contributed by atoms with Gasteiger partial charge in [-0.2, -0.15) is 5.10 Å². The van der Waals surface area contributed by atoms with Crippen molar-refractivity contribution >= 4 is 11.3 Å². The van der Waals surface area contributed by atoms with E-state index < -0.39 is 0 Å². The first-order chi connectivity index (χ1) is 7.81. The fraction of sp³-hybridized carbons (Fsp3) is 0.455. The maximum Gasteiger partial charge on any atom is 0.157 e. The van der Waals surface area contributed by atoms with Gasteiger partial charge in [0.1, 0.15) is 0 Å². The van der Waals surface area contributed by atoms with E-state index in [-0.39, 0.29) is 0 Å². The molecule has 1 aliphatic rings. The van der Waals surface area contributed by atoms with E-state index in [4.69, 9.17) is 5.73 Å². The van der Waals surface area contributed by atoms with Crippen LogP contribution < -0.4 is 11.1 Å². The van der Waals surface area contributed by atoms with Crippen molar-refractivity contribution in [2.75, 3.05) is 18.8 Å². The lowest BCUT2D eigenvalue weighted by Gasteiger charge is -2.02. The number of nitrogens with two attached hydrogens (primary N) is 1. The molecule has 3 heterocycles. The van der Waals surface area contributed by atoms with Gasteiger partial charge in [0.15, 0.2) is 11.5 Å². The predicted octanol–water partition coefficient (Wildman–Crippen LogP) is 0.463. The first kappa shape index (κ1) is 9.59. The molecule has 0 aliphatic carbocycles. The van der Waals surface area contributed by atoms with Crippen molar-refractivity contribution < 1.29 is 0 Å². The predicted molar refractivity (Wildman–Crippen MR) is 62.1 cm³/mol. The molecule has 1 aliphatic heterocycles. The Morgan fingerprint density at radius 1 is 1.56 bits per heavy atom. The highest BCUT2D eigenvalue weighted by atomic mass is 15.3. The molecule has 2 aromatic rings. The average molecular weight is 217 g/mol. The Kier molecular flexibility index (Phi) is 2.25. The third kappa shape index (κ3) is 1.74. The lowest BCUT2D eigenvalue weighted by Crippen LogP contribution is -2.11. The maximum atomic E-state index is 5.71. The zero-order valence-electron chi connectivity index (χ0n) is 9.06. The molecule has 0 amide bonds. The van der Waals surface area contributed by atoms with Gasteiger partial charge in [-0.25, -0.2) is 9.50 Å². The molecule has 1 atom stereocenters. The van der Waals surface area contributed by atoms with Crippen LogP contribution in [0.15, 0.2) is 18.3 Å². The van der Waals surface area contributed by atoms with E-state index in [1.807, 2.05) is 18.3 Å². The molecule has 16 heavy (non-hydrogen) atoms. The summed E-state index contributed by atoms with van der Waals surface area (Å²) in [4.78, 5) is 4.48. The molecule has 1 fully saturated rings. The number of aromatic nitrogens is 3. The topological polar surface area (TPSA) is 68.2 Å². The number of rotatable bonds is 2. The molecule has 0 saturated carbocycles. The van der Waals surface area contributed by atoms with Crippen LogP contribution in [0, 0.1) is 5.92 Å². The van der Waals surface area contributed by atoms with Crippen LogP contribution in [-0.4, -0.2) is 27.7 Å². The largest absolute Gasteiger partial charge is 0.399 e. The van der Waals surface area contributed by atoms with Crippen LogP contribution in [0.5, 0.6) is 0 Å². The minimum atomic E-state index is 0.676. The summed E-state index contributed by atoms with van der Waals surface area (Å²) in [6, 6.07) is 3.69. The van der Waals surface area contributed by atoms with Crippen LogP contribution in [-0.2, 0) is 6.42 Å². The number of nitrogen functional groups attached to an aromatic ring is 1. The van der Waals surface area contributed by atoms with Crippen molar-refractivity contribution in [1.29, 1.82) is 0 Å². The van der Waals surface area contributed by atoms with Gasteiger partial charge < -0.3 is 11.1 Å². The molecule has 3 rings (SSSR count). The van der Waals surface area contributed by atoms with Crippen LogP contribution in [0.25, 0.3) is 5.65 Å². The SMILES string of the molecule is Nc1ccn2nc(CC3CCNC3)nc2c1. The molecule has 5 heteroatoms. The highest BCUT2D eigenvalue weighted by molar-refractivity contribution is 5.50. The number of pyridine rings is 1. The minimum absolute atomic E-state index is 0.676. The van der Waals surface area contributed by atoms with Crippen molar-refractivity contribution in [3.63, 3.8) is 0 Å². The van der Waals surface area contributed by atoms with Crippen LogP contribution in [0.2, 0.25) is 0 Å². The summed E-state index contributed by atoms with van der Waals surface area (Å²) < 4.78 is 1.79. The highest BCUT2D eigenvalue weighted by Gasteiger charge is 2.17. The fourth-order valence-corrected chi connectivity index (χ4v) is 2.18. The van der Waals surface area contributed by atoms with Gasteiger partial charge in [-0.1, -0.05) is 0 Å². The Morgan fingerprint density at radius 3 is 3.31 bits per heavy atom. The van der Waals surface area contributed by atoms with Crippen LogP contribution in [0.3, 0.4) is 0 Å². The zero-order valence-corrected chi connectivity index (χ0v) is 9.06. The molecule has 2 aromatic heterocycles. The number of nitrogens with one attached hydrogen (secondary N) is 1. The van der Waals surface area contributed by atoms with Crippen molar-refractivity contribution in [1.82, 2.24) is 19.9 Å². The molecule has 3 N–H and O–H groups in total. The third-order valence-electron chi connectivity index (χ3n) is 3.04. The first-order valence-corrected chi connectivity index (χ1v) is 5.63. The van der Waals surface area contributed by atoms with E-state index in [0.717, 1.165) is 36.7 Å². The lowest BCUT2D eigenvalue weighted by atomic mass is 10.1. The smallest absolute Gasteiger partial charge is 0.157 e. The van der Waals surface area contributed by atoms with Crippen LogP contribution in [0.4, 0.5) is 5.69 Å². The molecule has 5 nitrogen and oxygen atoms in total. The summed E-state index contributed by atoms with van der Waals surface area (Å²) in [6.45, 7) is 2.20. The minimum Gasteiger partial charge on any atom is -0.399 e. The van der Waals surface area contributed by atoms with Crippen molar-refractivity contribution in [2.45, 2.75) is 12.8 Å². The third-order valence-corrected chi connectivity index (χ3v) is 3.04. The molecule has 1 saturated heterocycles. The van der Waals surface area contributed by atoms with E-state index in [0.29, 0.717) is 5.92 Å². The lowest BCUT2D eigenvalue weighted by molar-refractivity contribution is 0.561. The molecule has 84 valence electrons. The van der Waals surface area contributed by atoms with E-state index in [9.17, 15) is 0 Å². The molecule has 0 aromatic carbocycles. The standard InChI is InChI=1S/C11H15N5/c12-9-2-4-16-11(6-9)14-10(15-16)5-8-1-3-13-7-8/h2,4,6,8,13H,1,3,5,7,12H2. The van der Waals surface area contributed by atoms with Crippen molar-refractivity contribution in [2.24, 2.45) is 5.92 Å².